The van der Waals surface area contributed by atoms with Crippen molar-refractivity contribution < 1.29 is 32.7 Å². The van der Waals surface area contributed by atoms with Crippen LogP contribution in [-0.4, -0.2) is 9.78 Å². The fourth-order valence-corrected chi connectivity index (χ4v) is 1.04. The third-order valence-corrected chi connectivity index (χ3v) is 1.59. The van der Waals surface area contributed by atoms with Crippen LogP contribution in [0.25, 0.3) is 10.9 Å². The first-order valence-electron chi connectivity index (χ1n) is 4.31. The van der Waals surface area contributed by atoms with Crippen LogP contribution in [0.15, 0.2) is 24.4 Å². The molecule has 0 aliphatic rings. The molecule has 0 bridgehead atoms. The predicted molar refractivity (Wildman–Crippen MR) is 55.2 cm³/mol. The van der Waals surface area contributed by atoms with E-state index < -0.39 is 0 Å². The Bertz CT molecular complexity index is 368. The number of aryl methyl sites for hydroxylation is 1. The van der Waals surface area contributed by atoms with E-state index in [0.29, 0.717) is 0 Å². The number of nitrogens with zero attached hydrogens (tertiary/aromatic N) is 2. The van der Waals surface area contributed by atoms with E-state index in [1.807, 2.05) is 56.4 Å². The van der Waals surface area contributed by atoms with E-state index in [1.165, 1.54) is 0 Å². The van der Waals surface area contributed by atoms with Gasteiger partial charge in [0.1, 0.15) is 0 Å². The first-order valence-corrected chi connectivity index (χ1v) is 4.31. The van der Waals surface area contributed by atoms with Gasteiger partial charge in [-0.05, 0) is 5.52 Å². The van der Waals surface area contributed by atoms with Gasteiger partial charge in [0.05, 0.1) is 0 Å². The maximum absolute atomic E-state index is 4.09. The molecule has 0 aliphatic heterocycles. The second-order valence-electron chi connectivity index (χ2n) is 2.83. The maximum Gasteiger partial charge on any atom is 0.0279 e. The van der Waals surface area contributed by atoms with Crippen molar-refractivity contribution >= 4 is 10.9 Å². The van der Waals surface area contributed by atoms with Gasteiger partial charge < -0.3 is 6.42 Å². The van der Waals surface area contributed by atoms with Crippen molar-refractivity contribution in [3.63, 3.8) is 0 Å². The zero-order valence-corrected chi connectivity index (χ0v) is 11.7. The molecule has 3 heteroatoms. The zero-order chi connectivity index (χ0) is 9.68. The normalized spacial score (nSPS) is 8.79. The zero-order valence-electron chi connectivity index (χ0n) is 8.86. The van der Waals surface area contributed by atoms with Crippen LogP contribution < -0.4 is 0 Å². The summed E-state index contributed by atoms with van der Waals surface area (Å²) in [7, 11) is 1.93. The molecule has 1 heterocycles. The number of hydrogen-bond acceptors (Lipinski definition) is 1. The SMILES string of the molecule is C[CH-]C.Cn1ncc2c[c-]ccc21.[Y]. The van der Waals surface area contributed by atoms with Crippen LogP contribution in [0.3, 0.4) is 0 Å². The number of benzene rings is 1. The predicted octanol–water partition coefficient (Wildman–Crippen LogP) is 2.60. The summed E-state index contributed by atoms with van der Waals surface area (Å²) in [5.74, 6) is 0. The molecular weight excluding hydrogens is 249 g/mol. The Kier molecular flexibility index (Phi) is 7.03. The summed E-state index contributed by atoms with van der Waals surface area (Å²) < 4.78 is 1.85. The van der Waals surface area contributed by atoms with Crippen molar-refractivity contribution in [3.05, 3.63) is 36.9 Å². The topological polar surface area (TPSA) is 17.8 Å². The van der Waals surface area contributed by atoms with Gasteiger partial charge in [-0.2, -0.15) is 37.1 Å². The summed E-state index contributed by atoms with van der Waals surface area (Å²) >= 11 is 0. The Hall–Kier alpha value is -0.206. The molecule has 0 atom stereocenters. The second kappa shape index (κ2) is 7.13. The van der Waals surface area contributed by atoms with Crippen LogP contribution >= 0.6 is 0 Å². The Balaban J connectivity index is 0.000000381. The molecule has 0 saturated heterocycles. The summed E-state index contributed by atoms with van der Waals surface area (Å²) in [6, 6.07) is 8.82. The van der Waals surface area contributed by atoms with Gasteiger partial charge in [-0.3, -0.25) is 4.68 Å². The quantitative estimate of drug-likeness (QED) is 0.668. The van der Waals surface area contributed by atoms with E-state index in [4.69, 9.17) is 0 Å². The average Bonchev–Trinajstić information content (AvgIpc) is 2.50. The van der Waals surface area contributed by atoms with E-state index in [2.05, 4.69) is 11.2 Å². The van der Waals surface area contributed by atoms with E-state index in [1.54, 1.807) is 0 Å². The van der Waals surface area contributed by atoms with E-state index >= 15 is 0 Å². The molecule has 0 aliphatic carbocycles. The summed E-state index contributed by atoms with van der Waals surface area (Å²) in [6.07, 6.45) is 3.84. The summed E-state index contributed by atoms with van der Waals surface area (Å²) in [4.78, 5) is 0. The van der Waals surface area contributed by atoms with Crippen LogP contribution in [0, 0.1) is 12.5 Å². The van der Waals surface area contributed by atoms with Crippen LogP contribution in [-0.2, 0) is 39.8 Å². The summed E-state index contributed by atoms with van der Waals surface area (Å²) in [6.45, 7) is 4.00. The summed E-state index contributed by atoms with van der Waals surface area (Å²) in [5, 5.41) is 5.24. The van der Waals surface area contributed by atoms with Gasteiger partial charge in [-0.15, -0.1) is 6.07 Å². The standard InChI is InChI=1S/C8H7N2.C3H7.Y/c1-10-8-5-3-2-4-7(8)6-9-10;1-3-2;/h3-6H,1H3;3H,1-2H3;/q2*-1;. The van der Waals surface area contributed by atoms with Gasteiger partial charge in [-0.1, -0.05) is 5.39 Å². The molecule has 0 fully saturated rings. The molecule has 14 heavy (non-hydrogen) atoms. The number of fused-ring (bicyclic) bond motifs is 1. The molecule has 0 saturated carbocycles. The van der Waals surface area contributed by atoms with Crippen LogP contribution in [0.2, 0.25) is 0 Å². The van der Waals surface area contributed by atoms with Crippen LogP contribution in [0.4, 0.5) is 0 Å². The average molecular weight is 263 g/mol. The van der Waals surface area contributed by atoms with Crippen molar-refractivity contribution in [1.29, 1.82) is 0 Å². The fourth-order valence-electron chi connectivity index (χ4n) is 1.04. The molecule has 2 nitrogen and oxygen atoms in total. The second-order valence-corrected chi connectivity index (χ2v) is 2.83. The Morgan fingerprint density at radius 3 is 2.64 bits per heavy atom. The molecule has 1 aromatic heterocycles. The van der Waals surface area contributed by atoms with Gasteiger partial charge in [-0.25, -0.2) is 0 Å². The molecular formula is C11H14N2Y-2. The van der Waals surface area contributed by atoms with E-state index in [0.717, 1.165) is 10.9 Å². The van der Waals surface area contributed by atoms with E-state index in [9.17, 15) is 0 Å². The maximum atomic E-state index is 4.09. The molecule has 1 radical (unpaired) electrons. The number of hydrogen-bond donors (Lipinski definition) is 0. The minimum Gasteiger partial charge on any atom is -0.335 e. The molecule has 0 spiro atoms. The van der Waals surface area contributed by atoms with Crippen molar-refractivity contribution in [2.24, 2.45) is 7.05 Å². The smallest absolute Gasteiger partial charge is 0.0279 e. The molecule has 2 aromatic rings. The van der Waals surface area contributed by atoms with Gasteiger partial charge in [0.2, 0.25) is 0 Å². The molecule has 2 rings (SSSR count). The van der Waals surface area contributed by atoms with Crippen molar-refractivity contribution in [2.75, 3.05) is 0 Å². The van der Waals surface area contributed by atoms with Crippen molar-refractivity contribution in [2.45, 2.75) is 13.8 Å². The molecule has 0 N–H and O–H groups in total. The van der Waals surface area contributed by atoms with Crippen molar-refractivity contribution in [1.82, 2.24) is 9.78 Å². The fraction of sp³-hybridized carbons (Fsp3) is 0.273. The molecule has 0 unspecified atom stereocenters. The van der Waals surface area contributed by atoms with Gasteiger partial charge in [0.25, 0.3) is 0 Å². The first kappa shape index (κ1) is 13.8. The van der Waals surface area contributed by atoms with E-state index in [-0.39, 0.29) is 32.7 Å². The van der Waals surface area contributed by atoms with Crippen LogP contribution in [0.1, 0.15) is 13.8 Å². The molecule has 1 aromatic carbocycles. The molecule has 73 valence electrons. The van der Waals surface area contributed by atoms with Gasteiger partial charge in [0, 0.05) is 46.0 Å². The minimum absolute atomic E-state index is 0. The summed E-state index contributed by atoms with van der Waals surface area (Å²) in [5.41, 5.74) is 1.15. The largest absolute Gasteiger partial charge is 0.335 e. The Labute approximate surface area is 111 Å². The Morgan fingerprint density at radius 2 is 2.07 bits per heavy atom. The van der Waals surface area contributed by atoms with Crippen molar-refractivity contribution in [3.8, 4) is 0 Å². The monoisotopic (exact) mass is 263 g/mol. The van der Waals surface area contributed by atoms with Gasteiger partial charge >= 0.3 is 0 Å². The number of aromatic nitrogens is 2. The third kappa shape index (κ3) is 3.51. The molecule has 0 amide bonds. The first-order chi connectivity index (χ1) is 6.29. The number of rotatable bonds is 0. The Morgan fingerprint density at radius 1 is 1.43 bits per heavy atom. The minimum atomic E-state index is 0. The third-order valence-electron chi connectivity index (χ3n) is 1.59. The van der Waals surface area contributed by atoms with Gasteiger partial charge in [0.15, 0.2) is 0 Å². The van der Waals surface area contributed by atoms with Crippen LogP contribution in [0.5, 0.6) is 0 Å².